The van der Waals surface area contributed by atoms with E-state index in [-0.39, 0.29) is 11.7 Å². The summed E-state index contributed by atoms with van der Waals surface area (Å²) in [7, 11) is 0. The molecule has 0 aliphatic rings. The molecule has 19 heavy (non-hydrogen) atoms. The summed E-state index contributed by atoms with van der Waals surface area (Å²) in [4.78, 5) is 10.6. The van der Waals surface area contributed by atoms with Crippen LogP contribution in [0.3, 0.4) is 0 Å². The molecule has 1 heterocycles. The highest BCUT2D eigenvalue weighted by atomic mass is 32.2. The molecule has 2 rings (SSSR count). The van der Waals surface area contributed by atoms with Gasteiger partial charge in [-0.15, -0.1) is 5.10 Å². The lowest BCUT2D eigenvalue weighted by atomic mass is 10.0. The summed E-state index contributed by atoms with van der Waals surface area (Å²) in [6, 6.07) is 10.1. The Labute approximate surface area is 114 Å². The van der Waals surface area contributed by atoms with E-state index in [9.17, 15) is 4.79 Å². The number of carboxylic acids is 1. The van der Waals surface area contributed by atoms with Gasteiger partial charge in [0.1, 0.15) is 0 Å². The Morgan fingerprint density at radius 3 is 2.84 bits per heavy atom. The molecule has 6 nitrogen and oxygen atoms in total. The molecule has 1 aromatic heterocycles. The maximum Gasteiger partial charge on any atom is 0.313 e. The average molecular weight is 278 g/mol. The summed E-state index contributed by atoms with van der Waals surface area (Å²) >= 11 is 1.13. The standard InChI is InChI=1S/C12H14N4O2S/c1-9(10-5-3-2-4-6-10)7-16-12(13-14-15-16)19-8-11(17)18/h2-6,9H,7-8H2,1H3,(H,17,18). The molecule has 1 aromatic carbocycles. The smallest absolute Gasteiger partial charge is 0.313 e. The lowest BCUT2D eigenvalue weighted by molar-refractivity contribution is -0.133. The van der Waals surface area contributed by atoms with Gasteiger partial charge in [-0.1, -0.05) is 49.0 Å². The largest absolute Gasteiger partial charge is 0.481 e. The summed E-state index contributed by atoms with van der Waals surface area (Å²) < 4.78 is 1.64. The molecule has 7 heteroatoms. The maximum atomic E-state index is 10.6. The van der Waals surface area contributed by atoms with Crippen LogP contribution in [0.2, 0.25) is 0 Å². The van der Waals surface area contributed by atoms with Crippen LogP contribution in [0.1, 0.15) is 18.4 Å². The Kier molecular flexibility index (Phi) is 4.51. The molecular weight excluding hydrogens is 264 g/mol. The molecule has 0 saturated heterocycles. The minimum absolute atomic E-state index is 0.0416. The molecule has 2 aromatic rings. The van der Waals surface area contributed by atoms with Crippen molar-refractivity contribution in [1.29, 1.82) is 0 Å². The average Bonchev–Trinajstić information content (AvgIpc) is 2.84. The van der Waals surface area contributed by atoms with Crippen molar-refractivity contribution in [1.82, 2.24) is 20.2 Å². The number of carbonyl (C=O) groups is 1. The molecule has 0 fully saturated rings. The number of benzene rings is 1. The highest BCUT2D eigenvalue weighted by Crippen LogP contribution is 2.20. The van der Waals surface area contributed by atoms with E-state index < -0.39 is 5.97 Å². The Balaban J connectivity index is 2.03. The Morgan fingerprint density at radius 2 is 2.16 bits per heavy atom. The van der Waals surface area contributed by atoms with E-state index in [1.165, 1.54) is 5.56 Å². The third kappa shape index (κ3) is 3.78. The van der Waals surface area contributed by atoms with Gasteiger partial charge in [-0.05, 0) is 16.0 Å². The van der Waals surface area contributed by atoms with Gasteiger partial charge in [0.2, 0.25) is 5.16 Å². The van der Waals surface area contributed by atoms with Crippen LogP contribution in [0.4, 0.5) is 0 Å². The summed E-state index contributed by atoms with van der Waals surface area (Å²) in [5.74, 6) is -0.662. The second-order valence-corrected chi connectivity index (χ2v) is 5.08. The summed E-state index contributed by atoms with van der Waals surface area (Å²) in [5, 5.41) is 20.5. The molecule has 0 aliphatic heterocycles. The van der Waals surface area contributed by atoms with E-state index in [0.29, 0.717) is 11.7 Å². The molecule has 1 atom stereocenters. The monoisotopic (exact) mass is 278 g/mol. The second kappa shape index (κ2) is 6.33. The molecule has 100 valence electrons. The third-order valence-corrected chi connectivity index (χ3v) is 3.58. The van der Waals surface area contributed by atoms with Crippen molar-refractivity contribution in [2.45, 2.75) is 24.5 Å². The van der Waals surface area contributed by atoms with Crippen molar-refractivity contribution < 1.29 is 9.90 Å². The molecule has 0 bridgehead atoms. The zero-order chi connectivity index (χ0) is 13.7. The summed E-state index contributed by atoms with van der Waals surface area (Å²) in [5.41, 5.74) is 1.20. The van der Waals surface area contributed by atoms with Crippen LogP contribution >= 0.6 is 11.8 Å². The first-order valence-electron chi connectivity index (χ1n) is 5.82. The van der Waals surface area contributed by atoms with E-state index in [1.807, 2.05) is 18.2 Å². The molecule has 1 unspecified atom stereocenters. The van der Waals surface area contributed by atoms with Crippen molar-refractivity contribution in [2.75, 3.05) is 5.75 Å². The minimum Gasteiger partial charge on any atom is -0.481 e. The molecule has 0 spiro atoms. The number of thioether (sulfide) groups is 1. The van der Waals surface area contributed by atoms with Gasteiger partial charge >= 0.3 is 5.97 Å². The van der Waals surface area contributed by atoms with Gasteiger partial charge in [0.05, 0.1) is 12.3 Å². The van der Waals surface area contributed by atoms with Crippen molar-refractivity contribution in [3.05, 3.63) is 35.9 Å². The van der Waals surface area contributed by atoms with Crippen molar-refractivity contribution in [3.8, 4) is 0 Å². The Hall–Kier alpha value is -1.89. The SMILES string of the molecule is CC(Cn1nnnc1SCC(=O)O)c1ccccc1. The van der Waals surface area contributed by atoms with Crippen LogP contribution in [-0.2, 0) is 11.3 Å². The third-order valence-electron chi connectivity index (χ3n) is 2.64. The number of aromatic nitrogens is 4. The number of tetrazole rings is 1. The molecule has 0 aliphatic carbocycles. The van der Waals surface area contributed by atoms with Gasteiger partial charge in [0, 0.05) is 5.92 Å². The van der Waals surface area contributed by atoms with Gasteiger partial charge in [-0.25, -0.2) is 4.68 Å². The van der Waals surface area contributed by atoms with Gasteiger partial charge in [-0.2, -0.15) is 0 Å². The normalized spacial score (nSPS) is 12.3. The molecule has 1 N–H and O–H groups in total. The number of rotatable bonds is 6. The molecule has 0 saturated carbocycles. The zero-order valence-corrected chi connectivity index (χ0v) is 11.2. The fourth-order valence-corrected chi connectivity index (χ4v) is 2.29. The topological polar surface area (TPSA) is 80.9 Å². The van der Waals surface area contributed by atoms with Gasteiger partial charge in [-0.3, -0.25) is 4.79 Å². The van der Waals surface area contributed by atoms with Gasteiger partial charge in [0.15, 0.2) is 0 Å². The lowest BCUT2D eigenvalue weighted by Crippen LogP contribution is -2.10. The molecule has 0 radical (unpaired) electrons. The van der Waals surface area contributed by atoms with Crippen molar-refractivity contribution in [2.24, 2.45) is 0 Å². The van der Waals surface area contributed by atoms with Crippen molar-refractivity contribution >= 4 is 17.7 Å². The van der Waals surface area contributed by atoms with Crippen LogP contribution in [0.25, 0.3) is 0 Å². The first-order chi connectivity index (χ1) is 9.16. The zero-order valence-electron chi connectivity index (χ0n) is 10.4. The van der Waals surface area contributed by atoms with Crippen LogP contribution in [0.5, 0.6) is 0 Å². The summed E-state index contributed by atoms with van der Waals surface area (Å²) in [6.45, 7) is 2.71. The van der Waals surface area contributed by atoms with E-state index in [2.05, 4.69) is 34.6 Å². The molecule has 0 amide bonds. The second-order valence-electron chi connectivity index (χ2n) is 4.14. The van der Waals surface area contributed by atoms with Crippen molar-refractivity contribution in [3.63, 3.8) is 0 Å². The minimum atomic E-state index is -0.879. The van der Waals surface area contributed by atoms with E-state index in [4.69, 9.17) is 5.11 Å². The number of nitrogens with zero attached hydrogens (tertiary/aromatic N) is 4. The van der Waals surface area contributed by atoms with E-state index in [1.54, 1.807) is 4.68 Å². The lowest BCUT2D eigenvalue weighted by Gasteiger charge is -2.12. The molecular formula is C12H14N4O2S. The number of hydrogen-bond donors (Lipinski definition) is 1. The van der Waals surface area contributed by atoms with Crippen LogP contribution in [0, 0.1) is 0 Å². The first-order valence-corrected chi connectivity index (χ1v) is 6.81. The number of carboxylic acid groups (broad SMARTS) is 1. The van der Waals surface area contributed by atoms with Crippen LogP contribution < -0.4 is 0 Å². The number of hydrogen-bond acceptors (Lipinski definition) is 5. The van der Waals surface area contributed by atoms with E-state index >= 15 is 0 Å². The predicted molar refractivity (Wildman–Crippen MR) is 71.0 cm³/mol. The Bertz CT molecular complexity index is 544. The highest BCUT2D eigenvalue weighted by molar-refractivity contribution is 7.99. The Morgan fingerprint density at radius 1 is 1.42 bits per heavy atom. The van der Waals surface area contributed by atoms with Crippen LogP contribution in [-0.4, -0.2) is 37.0 Å². The number of aliphatic carboxylic acids is 1. The van der Waals surface area contributed by atoms with Crippen LogP contribution in [0.15, 0.2) is 35.5 Å². The predicted octanol–water partition coefficient (Wildman–Crippen LogP) is 1.65. The van der Waals surface area contributed by atoms with E-state index in [0.717, 1.165) is 11.8 Å². The highest BCUT2D eigenvalue weighted by Gasteiger charge is 2.13. The fraction of sp³-hybridized carbons (Fsp3) is 0.333. The fourth-order valence-electron chi connectivity index (χ4n) is 1.69. The maximum absolute atomic E-state index is 10.6. The van der Waals surface area contributed by atoms with Gasteiger partial charge in [0.25, 0.3) is 0 Å². The first kappa shape index (κ1) is 13.5. The quantitative estimate of drug-likeness (QED) is 0.809. The summed E-state index contributed by atoms with van der Waals surface area (Å²) in [6.07, 6.45) is 0. The van der Waals surface area contributed by atoms with Gasteiger partial charge < -0.3 is 5.11 Å².